The van der Waals surface area contributed by atoms with Crippen LogP contribution < -0.4 is 4.90 Å². The van der Waals surface area contributed by atoms with Crippen LogP contribution in [0.3, 0.4) is 0 Å². The molecule has 0 aliphatic heterocycles. The van der Waals surface area contributed by atoms with Gasteiger partial charge in [-0.05, 0) is 36.1 Å². The highest BCUT2D eigenvalue weighted by Gasteiger charge is 2.21. The van der Waals surface area contributed by atoms with Crippen molar-refractivity contribution >= 4 is 39.0 Å². The Morgan fingerprint density at radius 2 is 1.77 bits per heavy atom. The molecule has 1 aromatic carbocycles. The summed E-state index contributed by atoms with van der Waals surface area (Å²) in [4.78, 5) is 13.3. The van der Waals surface area contributed by atoms with Crippen molar-refractivity contribution in [3.63, 3.8) is 0 Å². The molecule has 0 radical (unpaired) electrons. The number of nitrogens with zero attached hydrogens (tertiary/aromatic N) is 3. The van der Waals surface area contributed by atoms with E-state index >= 15 is 0 Å². The monoisotopic (exact) mass is 383 g/mol. The average Bonchev–Trinajstić information content (AvgIpc) is 2.96. The maximum absolute atomic E-state index is 6.22. The van der Waals surface area contributed by atoms with Crippen molar-refractivity contribution in [1.82, 2.24) is 9.97 Å². The lowest BCUT2D eigenvalue weighted by Crippen LogP contribution is -2.24. The topological polar surface area (TPSA) is 29.0 Å². The zero-order valence-electron chi connectivity index (χ0n) is 15.1. The number of hydrogen-bond acceptors (Lipinski definition) is 4. The molecule has 0 amide bonds. The van der Waals surface area contributed by atoms with Crippen molar-refractivity contribution in [2.45, 2.75) is 20.3 Å². The van der Waals surface area contributed by atoms with Crippen molar-refractivity contribution in [3.8, 4) is 11.1 Å². The molecule has 5 heteroatoms. The predicted molar refractivity (Wildman–Crippen MR) is 115 cm³/mol. The standard InChI is InChI=1S/C21H22ClN3S/c1-5-12-25(13-6-2)19-18-17(16-10-8-15(7-3)9-11-16)14(4)26-20(18)24-21(22)23-19/h5-6,8-11H,1-2,7,12-13H2,3-4H3. The van der Waals surface area contributed by atoms with Gasteiger partial charge >= 0.3 is 0 Å². The summed E-state index contributed by atoms with van der Waals surface area (Å²) in [6.45, 7) is 13.3. The van der Waals surface area contributed by atoms with Gasteiger partial charge in [0.05, 0.1) is 5.39 Å². The minimum absolute atomic E-state index is 0.264. The Hall–Kier alpha value is -2.17. The Morgan fingerprint density at radius 1 is 1.12 bits per heavy atom. The fraction of sp³-hybridized carbons (Fsp3) is 0.238. The lowest BCUT2D eigenvalue weighted by Gasteiger charge is -2.22. The molecule has 0 aliphatic carbocycles. The maximum atomic E-state index is 6.22. The smallest absolute Gasteiger partial charge is 0.225 e. The fourth-order valence-electron chi connectivity index (χ4n) is 3.11. The van der Waals surface area contributed by atoms with Gasteiger partial charge in [0, 0.05) is 23.5 Å². The summed E-state index contributed by atoms with van der Waals surface area (Å²) in [5, 5.41) is 1.31. The van der Waals surface area contributed by atoms with E-state index in [-0.39, 0.29) is 5.28 Å². The SMILES string of the molecule is C=CCN(CC=C)c1nc(Cl)nc2sc(C)c(-c3ccc(CC)cc3)c12. The lowest BCUT2D eigenvalue weighted by atomic mass is 10.0. The molecule has 2 heterocycles. The van der Waals surface area contributed by atoms with E-state index in [1.165, 1.54) is 21.6 Å². The molecule has 3 nitrogen and oxygen atoms in total. The number of anilines is 1. The second-order valence-electron chi connectivity index (χ2n) is 6.06. The highest BCUT2D eigenvalue weighted by atomic mass is 35.5. The van der Waals surface area contributed by atoms with Crippen LogP contribution in [0.2, 0.25) is 5.28 Å². The highest BCUT2D eigenvalue weighted by Crippen LogP contribution is 2.42. The summed E-state index contributed by atoms with van der Waals surface area (Å²) in [7, 11) is 0. The summed E-state index contributed by atoms with van der Waals surface area (Å²) in [6, 6.07) is 8.72. The third kappa shape index (κ3) is 3.53. The van der Waals surface area contributed by atoms with E-state index in [9.17, 15) is 0 Å². The van der Waals surface area contributed by atoms with Gasteiger partial charge in [-0.1, -0.05) is 43.3 Å². The molecule has 3 rings (SSSR count). The molecule has 0 aliphatic rings. The molecule has 0 saturated heterocycles. The van der Waals surface area contributed by atoms with Crippen LogP contribution in [0, 0.1) is 6.92 Å². The first-order valence-corrected chi connectivity index (χ1v) is 9.81. The number of fused-ring (bicyclic) bond motifs is 1. The summed E-state index contributed by atoms with van der Waals surface area (Å²) < 4.78 is 0. The van der Waals surface area contributed by atoms with Gasteiger partial charge < -0.3 is 4.90 Å². The van der Waals surface area contributed by atoms with Crippen molar-refractivity contribution in [3.05, 3.63) is 65.3 Å². The van der Waals surface area contributed by atoms with Crippen molar-refractivity contribution < 1.29 is 0 Å². The van der Waals surface area contributed by atoms with E-state index in [2.05, 4.69) is 66.1 Å². The number of benzene rings is 1. The van der Waals surface area contributed by atoms with Crippen LogP contribution in [-0.2, 0) is 6.42 Å². The Morgan fingerprint density at radius 3 is 2.35 bits per heavy atom. The Balaban J connectivity index is 2.27. The van der Waals surface area contributed by atoms with Gasteiger partial charge in [0.1, 0.15) is 10.6 Å². The van der Waals surface area contributed by atoms with Gasteiger partial charge in [0.15, 0.2) is 0 Å². The third-order valence-corrected chi connectivity index (χ3v) is 5.50. The molecular weight excluding hydrogens is 362 g/mol. The number of thiophene rings is 1. The Kier molecular flexibility index (Phi) is 5.74. The number of aryl methyl sites for hydroxylation is 2. The average molecular weight is 384 g/mol. The number of halogens is 1. The summed E-state index contributed by atoms with van der Waals surface area (Å²) in [6.07, 6.45) is 4.75. The van der Waals surface area contributed by atoms with Crippen molar-refractivity contribution in [2.75, 3.05) is 18.0 Å². The van der Waals surface area contributed by atoms with Crippen LogP contribution in [0.5, 0.6) is 0 Å². The van der Waals surface area contributed by atoms with E-state index in [1.54, 1.807) is 11.3 Å². The number of rotatable bonds is 7. The minimum Gasteiger partial charge on any atom is -0.348 e. The van der Waals surface area contributed by atoms with Crippen LogP contribution in [-0.4, -0.2) is 23.1 Å². The maximum Gasteiger partial charge on any atom is 0.225 e. The van der Waals surface area contributed by atoms with Crippen LogP contribution in [0.15, 0.2) is 49.6 Å². The zero-order valence-corrected chi connectivity index (χ0v) is 16.7. The second-order valence-corrected chi connectivity index (χ2v) is 7.60. The molecule has 0 N–H and O–H groups in total. The van der Waals surface area contributed by atoms with Crippen LogP contribution in [0.25, 0.3) is 21.3 Å². The molecule has 0 bridgehead atoms. The zero-order chi connectivity index (χ0) is 18.7. The molecule has 0 saturated carbocycles. The molecule has 0 spiro atoms. The van der Waals surface area contributed by atoms with Gasteiger partial charge in [0.25, 0.3) is 0 Å². The van der Waals surface area contributed by atoms with Crippen LogP contribution >= 0.6 is 22.9 Å². The van der Waals surface area contributed by atoms with Gasteiger partial charge in [-0.15, -0.1) is 24.5 Å². The molecule has 0 atom stereocenters. The molecular formula is C21H22ClN3S. The van der Waals surface area contributed by atoms with E-state index in [0.717, 1.165) is 22.5 Å². The first kappa shape index (κ1) is 18.6. The molecule has 3 aromatic rings. The predicted octanol–water partition coefficient (Wildman–Crippen LogP) is 6.06. The van der Waals surface area contributed by atoms with Crippen LogP contribution in [0.1, 0.15) is 17.4 Å². The van der Waals surface area contributed by atoms with E-state index in [1.807, 2.05) is 12.2 Å². The number of aromatic nitrogens is 2. The van der Waals surface area contributed by atoms with Crippen LogP contribution in [0.4, 0.5) is 5.82 Å². The van der Waals surface area contributed by atoms with Gasteiger partial charge in [-0.25, -0.2) is 4.98 Å². The molecule has 26 heavy (non-hydrogen) atoms. The summed E-state index contributed by atoms with van der Waals surface area (Å²) in [5.74, 6) is 0.832. The van der Waals surface area contributed by atoms with Crippen molar-refractivity contribution in [1.29, 1.82) is 0 Å². The van der Waals surface area contributed by atoms with Gasteiger partial charge in [-0.3, -0.25) is 0 Å². The Bertz CT molecular complexity index is 934. The lowest BCUT2D eigenvalue weighted by molar-refractivity contribution is 0.929. The van der Waals surface area contributed by atoms with E-state index in [4.69, 9.17) is 11.6 Å². The first-order valence-electron chi connectivity index (χ1n) is 8.61. The molecule has 0 unspecified atom stereocenters. The largest absolute Gasteiger partial charge is 0.348 e. The van der Waals surface area contributed by atoms with E-state index < -0.39 is 0 Å². The van der Waals surface area contributed by atoms with Gasteiger partial charge in [0.2, 0.25) is 5.28 Å². The highest BCUT2D eigenvalue weighted by molar-refractivity contribution is 7.19. The molecule has 0 fully saturated rings. The molecule has 2 aromatic heterocycles. The fourth-order valence-corrected chi connectivity index (χ4v) is 4.37. The van der Waals surface area contributed by atoms with E-state index in [0.29, 0.717) is 13.1 Å². The third-order valence-electron chi connectivity index (χ3n) is 4.33. The normalized spacial score (nSPS) is 10.9. The second kappa shape index (κ2) is 8.02. The summed E-state index contributed by atoms with van der Waals surface area (Å²) in [5.41, 5.74) is 3.68. The van der Waals surface area contributed by atoms with Crippen molar-refractivity contribution in [2.24, 2.45) is 0 Å². The Labute approximate surface area is 163 Å². The number of hydrogen-bond donors (Lipinski definition) is 0. The molecule has 134 valence electrons. The summed E-state index contributed by atoms with van der Waals surface area (Å²) >= 11 is 7.87. The van der Waals surface area contributed by atoms with Gasteiger partial charge in [-0.2, -0.15) is 4.98 Å². The first-order chi connectivity index (χ1) is 12.6. The quantitative estimate of drug-likeness (QED) is 0.366. The minimum atomic E-state index is 0.264.